The highest BCUT2D eigenvalue weighted by molar-refractivity contribution is 5.95. The lowest BCUT2D eigenvalue weighted by atomic mass is 10.1. The third kappa shape index (κ3) is 3.21. The summed E-state index contributed by atoms with van der Waals surface area (Å²) in [7, 11) is 1.43. The van der Waals surface area contributed by atoms with Crippen molar-refractivity contribution in [3.05, 3.63) is 36.2 Å². The van der Waals surface area contributed by atoms with Gasteiger partial charge in [-0.25, -0.2) is 4.39 Å². The standard InChI is InChI=1S/C12H15FN2O2/c1-3-4-5-17-11-6-8(12(16)15-2)9(13)7-10(11)14/h3,6-7H,1,4-5,14H2,2H3,(H,15,16). The molecule has 1 rings (SSSR count). The van der Waals surface area contributed by atoms with Gasteiger partial charge in [0, 0.05) is 13.1 Å². The van der Waals surface area contributed by atoms with Crippen LogP contribution < -0.4 is 15.8 Å². The largest absolute Gasteiger partial charge is 0.491 e. The molecule has 0 saturated heterocycles. The predicted molar refractivity (Wildman–Crippen MR) is 64.5 cm³/mol. The number of nitrogen functional groups attached to an aromatic ring is 1. The van der Waals surface area contributed by atoms with Gasteiger partial charge in [0.2, 0.25) is 0 Å². The quantitative estimate of drug-likeness (QED) is 0.466. The topological polar surface area (TPSA) is 64.3 Å². The molecule has 0 saturated carbocycles. The molecule has 92 valence electrons. The van der Waals surface area contributed by atoms with Crippen LogP contribution in [0.5, 0.6) is 5.75 Å². The minimum Gasteiger partial charge on any atom is -0.491 e. The third-order valence-electron chi connectivity index (χ3n) is 2.15. The van der Waals surface area contributed by atoms with Crippen LogP contribution in [0.25, 0.3) is 0 Å². The van der Waals surface area contributed by atoms with Crippen LogP contribution in [-0.2, 0) is 0 Å². The summed E-state index contributed by atoms with van der Waals surface area (Å²) >= 11 is 0. The summed E-state index contributed by atoms with van der Waals surface area (Å²) < 4.78 is 18.8. The second kappa shape index (κ2) is 5.89. The van der Waals surface area contributed by atoms with E-state index in [4.69, 9.17) is 10.5 Å². The van der Waals surface area contributed by atoms with E-state index >= 15 is 0 Å². The van der Waals surface area contributed by atoms with Crippen molar-refractivity contribution in [3.8, 4) is 5.75 Å². The molecule has 0 unspecified atom stereocenters. The number of amides is 1. The summed E-state index contributed by atoms with van der Waals surface area (Å²) in [6.07, 6.45) is 2.34. The van der Waals surface area contributed by atoms with E-state index in [0.29, 0.717) is 18.8 Å². The minimum absolute atomic E-state index is 0.0877. The van der Waals surface area contributed by atoms with Crippen molar-refractivity contribution in [1.82, 2.24) is 5.32 Å². The van der Waals surface area contributed by atoms with E-state index in [1.807, 2.05) is 0 Å². The van der Waals surface area contributed by atoms with Crippen molar-refractivity contribution in [2.75, 3.05) is 19.4 Å². The molecule has 17 heavy (non-hydrogen) atoms. The second-order valence-corrected chi connectivity index (χ2v) is 3.37. The van der Waals surface area contributed by atoms with Gasteiger partial charge in [-0.1, -0.05) is 6.08 Å². The molecule has 1 aromatic carbocycles. The maximum absolute atomic E-state index is 13.4. The highest BCUT2D eigenvalue weighted by atomic mass is 19.1. The van der Waals surface area contributed by atoms with Gasteiger partial charge in [0.15, 0.2) is 0 Å². The molecular weight excluding hydrogens is 223 g/mol. The predicted octanol–water partition coefficient (Wildman–Crippen LogP) is 1.72. The Hall–Kier alpha value is -2.04. The maximum Gasteiger partial charge on any atom is 0.254 e. The summed E-state index contributed by atoms with van der Waals surface area (Å²) in [6.45, 7) is 3.93. The number of nitrogens with one attached hydrogen (secondary N) is 1. The molecule has 0 aromatic heterocycles. The summed E-state index contributed by atoms with van der Waals surface area (Å²) in [5.74, 6) is -0.888. The molecular formula is C12H15FN2O2. The van der Waals surface area contributed by atoms with Crippen molar-refractivity contribution < 1.29 is 13.9 Å². The fourth-order valence-electron chi connectivity index (χ4n) is 1.25. The molecule has 0 aliphatic carbocycles. The number of benzene rings is 1. The molecule has 4 nitrogen and oxygen atoms in total. The molecule has 0 radical (unpaired) electrons. The Labute approximate surface area is 99.3 Å². The molecule has 0 aliphatic rings. The lowest BCUT2D eigenvalue weighted by Crippen LogP contribution is -2.19. The Balaban J connectivity index is 2.97. The second-order valence-electron chi connectivity index (χ2n) is 3.37. The first kappa shape index (κ1) is 13.0. The van der Waals surface area contributed by atoms with Gasteiger partial charge < -0.3 is 15.8 Å². The van der Waals surface area contributed by atoms with E-state index < -0.39 is 11.7 Å². The number of hydrogen-bond donors (Lipinski definition) is 2. The molecule has 0 bridgehead atoms. The monoisotopic (exact) mass is 238 g/mol. The van der Waals surface area contributed by atoms with E-state index in [0.717, 1.165) is 6.07 Å². The average Bonchev–Trinajstić information content (AvgIpc) is 2.31. The van der Waals surface area contributed by atoms with Crippen molar-refractivity contribution >= 4 is 11.6 Å². The van der Waals surface area contributed by atoms with E-state index in [1.54, 1.807) is 6.08 Å². The molecule has 5 heteroatoms. The molecule has 1 aromatic rings. The summed E-state index contributed by atoms with van der Waals surface area (Å²) in [4.78, 5) is 11.4. The Morgan fingerprint density at radius 2 is 2.35 bits per heavy atom. The molecule has 0 fully saturated rings. The molecule has 0 spiro atoms. The number of halogens is 1. The van der Waals surface area contributed by atoms with Crippen LogP contribution in [0.1, 0.15) is 16.8 Å². The van der Waals surface area contributed by atoms with Crippen LogP contribution in [0.3, 0.4) is 0 Å². The molecule has 1 amide bonds. The van der Waals surface area contributed by atoms with Gasteiger partial charge in [0.25, 0.3) is 5.91 Å². The maximum atomic E-state index is 13.4. The van der Waals surface area contributed by atoms with Crippen LogP contribution in [0.15, 0.2) is 24.8 Å². The number of carbonyl (C=O) groups excluding carboxylic acids is 1. The molecule has 0 atom stereocenters. The van der Waals surface area contributed by atoms with Gasteiger partial charge in [0.1, 0.15) is 11.6 Å². The third-order valence-corrected chi connectivity index (χ3v) is 2.15. The zero-order chi connectivity index (χ0) is 12.8. The van der Waals surface area contributed by atoms with Gasteiger partial charge >= 0.3 is 0 Å². The first-order valence-corrected chi connectivity index (χ1v) is 5.15. The normalized spacial score (nSPS) is 9.76. The van der Waals surface area contributed by atoms with Gasteiger partial charge in [-0.05, 0) is 12.5 Å². The van der Waals surface area contributed by atoms with E-state index in [1.165, 1.54) is 13.1 Å². The zero-order valence-corrected chi connectivity index (χ0v) is 9.63. The van der Waals surface area contributed by atoms with Crippen LogP contribution in [0.4, 0.5) is 10.1 Å². The van der Waals surface area contributed by atoms with Crippen LogP contribution >= 0.6 is 0 Å². The fraction of sp³-hybridized carbons (Fsp3) is 0.250. The van der Waals surface area contributed by atoms with Crippen molar-refractivity contribution in [2.45, 2.75) is 6.42 Å². The smallest absolute Gasteiger partial charge is 0.254 e. The van der Waals surface area contributed by atoms with Gasteiger partial charge in [0.05, 0.1) is 17.9 Å². The number of hydrogen-bond acceptors (Lipinski definition) is 3. The lowest BCUT2D eigenvalue weighted by molar-refractivity contribution is 0.0958. The van der Waals surface area contributed by atoms with Crippen molar-refractivity contribution in [3.63, 3.8) is 0 Å². The highest BCUT2D eigenvalue weighted by Gasteiger charge is 2.14. The summed E-state index contributed by atoms with van der Waals surface area (Å²) in [5, 5.41) is 2.34. The van der Waals surface area contributed by atoms with Crippen molar-refractivity contribution in [1.29, 1.82) is 0 Å². The van der Waals surface area contributed by atoms with Gasteiger partial charge in [-0.15, -0.1) is 6.58 Å². The molecule has 3 N–H and O–H groups in total. The van der Waals surface area contributed by atoms with Gasteiger partial charge in [-0.2, -0.15) is 0 Å². The summed E-state index contributed by atoms with van der Waals surface area (Å²) in [5.41, 5.74) is 5.67. The van der Waals surface area contributed by atoms with Crippen LogP contribution in [0.2, 0.25) is 0 Å². The van der Waals surface area contributed by atoms with Crippen molar-refractivity contribution in [2.24, 2.45) is 0 Å². The molecule has 0 aliphatic heterocycles. The van der Waals surface area contributed by atoms with E-state index in [9.17, 15) is 9.18 Å². The first-order chi connectivity index (χ1) is 8.10. The Morgan fingerprint density at radius 1 is 1.65 bits per heavy atom. The first-order valence-electron chi connectivity index (χ1n) is 5.15. The average molecular weight is 238 g/mol. The number of ether oxygens (including phenoxy) is 1. The SMILES string of the molecule is C=CCCOc1cc(C(=O)NC)c(F)cc1N. The van der Waals surface area contributed by atoms with E-state index in [-0.39, 0.29) is 11.3 Å². The highest BCUT2D eigenvalue weighted by Crippen LogP contribution is 2.25. The fourth-order valence-corrected chi connectivity index (χ4v) is 1.25. The number of rotatable bonds is 5. The Kier molecular flexibility index (Phi) is 4.51. The lowest BCUT2D eigenvalue weighted by Gasteiger charge is -2.10. The summed E-state index contributed by atoms with van der Waals surface area (Å²) in [6, 6.07) is 2.38. The zero-order valence-electron chi connectivity index (χ0n) is 9.63. The number of carbonyl (C=O) groups is 1. The Morgan fingerprint density at radius 3 is 2.94 bits per heavy atom. The number of anilines is 1. The Bertz CT molecular complexity index is 433. The van der Waals surface area contributed by atoms with Gasteiger partial charge in [-0.3, -0.25) is 4.79 Å². The van der Waals surface area contributed by atoms with E-state index in [2.05, 4.69) is 11.9 Å². The van der Waals surface area contributed by atoms with Crippen LogP contribution in [0, 0.1) is 5.82 Å². The minimum atomic E-state index is -0.669. The molecule has 0 heterocycles. The van der Waals surface area contributed by atoms with Crippen LogP contribution in [-0.4, -0.2) is 19.6 Å². The number of nitrogens with two attached hydrogens (primary N) is 1.